The summed E-state index contributed by atoms with van der Waals surface area (Å²) < 4.78 is 13.4. The highest BCUT2D eigenvalue weighted by Crippen LogP contribution is 2.38. The van der Waals surface area contributed by atoms with E-state index in [9.17, 15) is 9.18 Å². The Labute approximate surface area is 154 Å². The van der Waals surface area contributed by atoms with Crippen LogP contribution in [0.15, 0.2) is 42.5 Å². The fraction of sp³-hybridized carbons (Fsp3) is 0.381. The number of carbonyl (C=O) groups is 1. The summed E-state index contributed by atoms with van der Waals surface area (Å²) in [4.78, 5) is 13.1. The normalized spacial score (nSPS) is 14.0. The highest BCUT2D eigenvalue weighted by Gasteiger charge is 2.38. The molecule has 0 saturated carbocycles. The van der Waals surface area contributed by atoms with Crippen molar-refractivity contribution in [1.82, 2.24) is 0 Å². The lowest BCUT2D eigenvalue weighted by Crippen LogP contribution is -2.40. The molecule has 0 unspecified atom stereocenters. The molecule has 0 aliphatic rings. The Hall–Kier alpha value is -1.87. The van der Waals surface area contributed by atoms with Gasteiger partial charge in [0.2, 0.25) is 5.91 Å². The molecule has 2 rings (SSSR count). The van der Waals surface area contributed by atoms with Crippen molar-refractivity contribution in [2.75, 3.05) is 5.32 Å². The minimum absolute atomic E-state index is 0.00865. The molecule has 0 spiro atoms. The summed E-state index contributed by atoms with van der Waals surface area (Å²) in [6.45, 7) is 10.3. The van der Waals surface area contributed by atoms with E-state index in [1.54, 1.807) is 0 Å². The van der Waals surface area contributed by atoms with Crippen molar-refractivity contribution in [3.63, 3.8) is 0 Å². The summed E-state index contributed by atoms with van der Waals surface area (Å²) in [5.41, 5.74) is 1.83. The van der Waals surface area contributed by atoms with E-state index < -0.39 is 11.2 Å². The summed E-state index contributed by atoms with van der Waals surface area (Å²) in [5.74, 6) is -0.635. The zero-order chi connectivity index (χ0) is 18.8. The number of benzene rings is 2. The van der Waals surface area contributed by atoms with Crippen LogP contribution in [-0.2, 0) is 10.2 Å². The lowest BCUT2D eigenvalue weighted by atomic mass is 9.70. The topological polar surface area (TPSA) is 29.1 Å². The summed E-state index contributed by atoms with van der Waals surface area (Å²) in [6.07, 6.45) is 0.670. The van der Waals surface area contributed by atoms with Crippen LogP contribution in [0.1, 0.15) is 45.2 Å². The molecular formula is C21H25ClFNO. The van der Waals surface area contributed by atoms with Gasteiger partial charge in [0.25, 0.3) is 0 Å². The average Bonchev–Trinajstić information content (AvgIpc) is 2.49. The van der Waals surface area contributed by atoms with Crippen molar-refractivity contribution < 1.29 is 9.18 Å². The summed E-state index contributed by atoms with van der Waals surface area (Å²) >= 11 is 5.83. The Balaban J connectivity index is 2.38. The lowest BCUT2D eigenvalue weighted by molar-refractivity contribution is -0.122. The van der Waals surface area contributed by atoms with Crippen molar-refractivity contribution in [3.05, 3.63) is 64.4 Å². The number of carbonyl (C=O) groups excluding carboxylic acids is 1. The highest BCUT2D eigenvalue weighted by molar-refractivity contribution is 6.31. The van der Waals surface area contributed by atoms with Crippen LogP contribution < -0.4 is 5.32 Å². The third-order valence-corrected chi connectivity index (χ3v) is 4.54. The SMILES string of the molecule is Cc1ccc([C@@](C)(CC(C)(C)C)C(=O)Nc2ccc(F)c(Cl)c2)cc1. The molecular weight excluding hydrogens is 337 g/mol. The second kappa shape index (κ2) is 7.17. The van der Waals surface area contributed by atoms with Crippen molar-refractivity contribution in [3.8, 4) is 0 Å². The van der Waals surface area contributed by atoms with Crippen LogP contribution in [0.25, 0.3) is 0 Å². The number of halogens is 2. The molecule has 0 aromatic heterocycles. The predicted molar refractivity (Wildman–Crippen MR) is 103 cm³/mol. The zero-order valence-corrected chi connectivity index (χ0v) is 16.2. The predicted octanol–water partition coefficient (Wildman–Crippen LogP) is 6.12. The van der Waals surface area contributed by atoms with E-state index in [4.69, 9.17) is 11.6 Å². The Kier molecular flexibility index (Phi) is 5.58. The van der Waals surface area contributed by atoms with Gasteiger partial charge in [-0.3, -0.25) is 4.79 Å². The number of hydrogen-bond acceptors (Lipinski definition) is 1. The molecule has 0 radical (unpaired) electrons. The molecule has 1 amide bonds. The quantitative estimate of drug-likeness (QED) is 0.698. The minimum Gasteiger partial charge on any atom is -0.325 e. The van der Waals surface area contributed by atoms with E-state index in [-0.39, 0.29) is 16.3 Å². The van der Waals surface area contributed by atoms with E-state index in [1.165, 1.54) is 18.2 Å². The number of rotatable bonds is 4. The molecule has 134 valence electrons. The molecule has 0 aliphatic carbocycles. The van der Waals surface area contributed by atoms with Gasteiger partial charge in [0.1, 0.15) is 5.82 Å². The third-order valence-electron chi connectivity index (χ3n) is 4.25. The van der Waals surface area contributed by atoms with Gasteiger partial charge in [-0.05, 0) is 49.4 Å². The van der Waals surface area contributed by atoms with Gasteiger partial charge in [-0.25, -0.2) is 4.39 Å². The molecule has 4 heteroatoms. The second-order valence-electron chi connectivity index (χ2n) is 8.02. The second-order valence-corrected chi connectivity index (χ2v) is 8.43. The molecule has 0 heterocycles. The Morgan fingerprint density at radius 2 is 1.68 bits per heavy atom. The Bertz CT molecular complexity index is 764. The van der Waals surface area contributed by atoms with Gasteiger partial charge < -0.3 is 5.32 Å². The maximum Gasteiger partial charge on any atom is 0.234 e. The van der Waals surface area contributed by atoms with Crippen molar-refractivity contribution in [2.24, 2.45) is 5.41 Å². The summed E-state index contributed by atoms with van der Waals surface area (Å²) in [5, 5.41) is 2.89. The smallest absolute Gasteiger partial charge is 0.234 e. The number of anilines is 1. The zero-order valence-electron chi connectivity index (χ0n) is 15.4. The number of amides is 1. The minimum atomic E-state index is -0.715. The van der Waals surface area contributed by atoms with Crippen LogP contribution in [-0.4, -0.2) is 5.91 Å². The van der Waals surface area contributed by atoms with Crippen LogP contribution in [0.4, 0.5) is 10.1 Å². The fourth-order valence-corrected chi connectivity index (χ4v) is 3.32. The first-order valence-corrected chi connectivity index (χ1v) is 8.73. The van der Waals surface area contributed by atoms with Crippen molar-refractivity contribution >= 4 is 23.2 Å². The first-order valence-electron chi connectivity index (χ1n) is 8.35. The Morgan fingerprint density at radius 3 is 2.20 bits per heavy atom. The van der Waals surface area contributed by atoms with Gasteiger partial charge >= 0.3 is 0 Å². The van der Waals surface area contributed by atoms with E-state index in [2.05, 4.69) is 26.1 Å². The maximum absolute atomic E-state index is 13.4. The molecule has 0 bridgehead atoms. The van der Waals surface area contributed by atoms with Gasteiger partial charge in [0.05, 0.1) is 10.4 Å². The fourth-order valence-electron chi connectivity index (χ4n) is 3.14. The molecule has 0 aliphatic heterocycles. The van der Waals surface area contributed by atoms with E-state index in [0.717, 1.165) is 11.1 Å². The molecule has 0 fully saturated rings. The molecule has 0 saturated heterocycles. The highest BCUT2D eigenvalue weighted by atomic mass is 35.5. The van der Waals surface area contributed by atoms with Gasteiger partial charge in [0.15, 0.2) is 0 Å². The molecule has 2 aromatic carbocycles. The van der Waals surface area contributed by atoms with Crippen LogP contribution in [0, 0.1) is 18.2 Å². The Morgan fingerprint density at radius 1 is 1.08 bits per heavy atom. The molecule has 25 heavy (non-hydrogen) atoms. The van der Waals surface area contributed by atoms with Crippen molar-refractivity contribution in [2.45, 2.75) is 46.5 Å². The molecule has 1 N–H and O–H groups in total. The summed E-state index contributed by atoms with van der Waals surface area (Å²) in [7, 11) is 0. The lowest BCUT2D eigenvalue weighted by Gasteiger charge is -2.35. The van der Waals surface area contributed by atoms with Gasteiger partial charge in [-0.15, -0.1) is 0 Å². The van der Waals surface area contributed by atoms with E-state index in [0.29, 0.717) is 12.1 Å². The van der Waals surface area contributed by atoms with E-state index in [1.807, 2.05) is 38.1 Å². The largest absolute Gasteiger partial charge is 0.325 e. The van der Waals surface area contributed by atoms with Crippen LogP contribution in [0.5, 0.6) is 0 Å². The third kappa shape index (κ3) is 4.82. The maximum atomic E-state index is 13.4. The van der Waals surface area contributed by atoms with Crippen molar-refractivity contribution in [1.29, 1.82) is 0 Å². The molecule has 2 nitrogen and oxygen atoms in total. The van der Waals surface area contributed by atoms with Crippen LogP contribution >= 0.6 is 11.6 Å². The van der Waals surface area contributed by atoms with Gasteiger partial charge in [0, 0.05) is 5.69 Å². The average molecular weight is 362 g/mol. The number of nitrogens with one attached hydrogen (secondary N) is 1. The molecule has 2 aromatic rings. The number of aryl methyl sites for hydroxylation is 1. The molecule has 1 atom stereocenters. The van der Waals surface area contributed by atoms with E-state index >= 15 is 0 Å². The van der Waals surface area contributed by atoms with Gasteiger partial charge in [-0.2, -0.15) is 0 Å². The first-order chi connectivity index (χ1) is 11.5. The number of hydrogen-bond donors (Lipinski definition) is 1. The monoisotopic (exact) mass is 361 g/mol. The first kappa shape index (κ1) is 19.5. The van der Waals surface area contributed by atoms with Crippen LogP contribution in [0.2, 0.25) is 5.02 Å². The standard InChI is InChI=1S/C21H25ClFNO/c1-14-6-8-15(9-7-14)21(5,13-20(2,3)4)19(25)24-16-10-11-18(23)17(22)12-16/h6-12H,13H2,1-5H3,(H,24,25)/t21-/m1/s1. The summed E-state index contributed by atoms with van der Waals surface area (Å²) in [6, 6.07) is 12.2. The van der Waals surface area contributed by atoms with Gasteiger partial charge in [-0.1, -0.05) is 62.2 Å². The van der Waals surface area contributed by atoms with Crippen LogP contribution in [0.3, 0.4) is 0 Å².